The van der Waals surface area contributed by atoms with E-state index in [2.05, 4.69) is 10.1 Å². The summed E-state index contributed by atoms with van der Waals surface area (Å²) in [7, 11) is 0. The van der Waals surface area contributed by atoms with Crippen LogP contribution in [0.15, 0.2) is 48.5 Å². The molecule has 0 spiro atoms. The number of carbonyl (C=O) groups is 1. The molecule has 0 aromatic heterocycles. The van der Waals surface area contributed by atoms with Crippen molar-refractivity contribution in [3.8, 4) is 17.6 Å². The highest BCUT2D eigenvalue weighted by Gasteiger charge is 2.28. The number of nitriles is 1. The summed E-state index contributed by atoms with van der Waals surface area (Å²) in [6.07, 6.45) is -4.48. The number of rotatable bonds is 6. The zero-order valence-electron chi connectivity index (χ0n) is 12.8. The van der Waals surface area contributed by atoms with E-state index in [4.69, 9.17) is 10.00 Å². The van der Waals surface area contributed by atoms with Gasteiger partial charge in [0.1, 0.15) is 11.5 Å². The van der Waals surface area contributed by atoms with Crippen molar-refractivity contribution in [1.82, 2.24) is 0 Å². The Morgan fingerprint density at radius 1 is 1.12 bits per heavy atom. The van der Waals surface area contributed by atoms with Gasteiger partial charge in [0.05, 0.1) is 17.3 Å². The Bertz CT molecular complexity index is 785. The van der Waals surface area contributed by atoms with Crippen molar-refractivity contribution in [2.24, 2.45) is 0 Å². The Morgan fingerprint density at radius 2 is 1.88 bits per heavy atom. The molecule has 0 radical (unpaired) electrons. The van der Waals surface area contributed by atoms with Crippen LogP contribution in [0.4, 0.5) is 18.9 Å². The lowest BCUT2D eigenvalue weighted by Crippen LogP contribution is -2.22. The van der Waals surface area contributed by atoms with Gasteiger partial charge in [0.25, 0.3) is 5.91 Å². The minimum absolute atomic E-state index is 0.0975. The maximum atomic E-state index is 12.3. The summed E-state index contributed by atoms with van der Waals surface area (Å²) in [5, 5.41) is 11.2. The second-order valence-electron chi connectivity index (χ2n) is 4.88. The van der Waals surface area contributed by atoms with Crippen molar-refractivity contribution in [2.45, 2.75) is 6.18 Å². The molecule has 0 atom stereocenters. The molecule has 0 bridgehead atoms. The number of hydrogen-bond acceptors (Lipinski definition) is 4. The smallest absolute Gasteiger partial charge is 0.422 e. The number of halogens is 3. The van der Waals surface area contributed by atoms with E-state index in [1.54, 1.807) is 24.3 Å². The molecule has 8 heteroatoms. The Balaban J connectivity index is 1.95. The summed E-state index contributed by atoms with van der Waals surface area (Å²) in [4.78, 5) is 11.9. The Hall–Kier alpha value is -3.21. The first-order valence-electron chi connectivity index (χ1n) is 7.09. The molecule has 0 fully saturated rings. The molecular weight excluding hydrogens is 337 g/mol. The zero-order chi connectivity index (χ0) is 18.3. The van der Waals surface area contributed by atoms with Crippen LogP contribution >= 0.6 is 0 Å². The molecule has 0 aliphatic rings. The van der Waals surface area contributed by atoms with Crippen molar-refractivity contribution >= 4 is 11.6 Å². The molecule has 0 saturated carbocycles. The third-order valence-corrected chi connectivity index (χ3v) is 2.89. The molecule has 0 saturated heterocycles. The molecule has 1 N–H and O–H groups in total. The van der Waals surface area contributed by atoms with E-state index in [1.807, 2.05) is 6.07 Å². The van der Waals surface area contributed by atoms with Crippen molar-refractivity contribution < 1.29 is 27.4 Å². The summed E-state index contributed by atoms with van der Waals surface area (Å²) in [5.74, 6) is -0.346. The normalized spacial score (nSPS) is 10.6. The molecule has 2 rings (SSSR count). The maximum absolute atomic E-state index is 12.3. The van der Waals surface area contributed by atoms with E-state index in [9.17, 15) is 18.0 Å². The van der Waals surface area contributed by atoms with Crippen LogP contribution in [0.5, 0.6) is 11.5 Å². The largest absolute Gasteiger partial charge is 0.484 e. The minimum Gasteiger partial charge on any atom is -0.484 e. The molecule has 25 heavy (non-hydrogen) atoms. The van der Waals surface area contributed by atoms with Gasteiger partial charge < -0.3 is 14.8 Å². The predicted octanol–water partition coefficient (Wildman–Crippen LogP) is 3.52. The molecule has 0 heterocycles. The van der Waals surface area contributed by atoms with Gasteiger partial charge >= 0.3 is 6.18 Å². The average molecular weight is 350 g/mol. The van der Waals surface area contributed by atoms with Crippen LogP contribution < -0.4 is 14.8 Å². The van der Waals surface area contributed by atoms with Gasteiger partial charge in [-0.2, -0.15) is 18.4 Å². The van der Waals surface area contributed by atoms with Gasteiger partial charge in [0.15, 0.2) is 13.2 Å². The first-order chi connectivity index (χ1) is 11.9. The van der Waals surface area contributed by atoms with Gasteiger partial charge in [-0.25, -0.2) is 0 Å². The number of amides is 1. The second-order valence-corrected chi connectivity index (χ2v) is 4.88. The van der Waals surface area contributed by atoms with E-state index in [0.717, 1.165) is 0 Å². The first-order valence-corrected chi connectivity index (χ1v) is 7.09. The van der Waals surface area contributed by atoms with Crippen LogP contribution in [0, 0.1) is 11.3 Å². The topological polar surface area (TPSA) is 71.3 Å². The number of para-hydroxylation sites is 2. The van der Waals surface area contributed by atoms with E-state index in [0.29, 0.717) is 11.3 Å². The minimum atomic E-state index is -4.48. The summed E-state index contributed by atoms with van der Waals surface area (Å²) in [6, 6.07) is 13.9. The van der Waals surface area contributed by atoms with Crippen LogP contribution in [0.3, 0.4) is 0 Å². The number of hydrogen-bond donors (Lipinski definition) is 1. The van der Waals surface area contributed by atoms with Crippen molar-refractivity contribution in [1.29, 1.82) is 5.26 Å². The molecule has 130 valence electrons. The maximum Gasteiger partial charge on any atom is 0.422 e. The standard InChI is InChI=1S/C17H13F3N2O3/c18-17(19,20)11-25-15-7-2-1-6-14(15)22-16(23)10-24-13-5-3-4-12(8-13)9-21/h1-8H,10-11H2,(H,22,23). The third-order valence-electron chi connectivity index (χ3n) is 2.89. The lowest BCUT2D eigenvalue weighted by atomic mass is 10.2. The number of benzene rings is 2. The molecule has 2 aromatic carbocycles. The Kier molecular flexibility index (Phi) is 5.84. The number of alkyl halides is 3. The highest BCUT2D eigenvalue weighted by atomic mass is 19.4. The number of nitrogens with one attached hydrogen (secondary N) is 1. The van der Waals surface area contributed by atoms with E-state index in [-0.39, 0.29) is 18.0 Å². The van der Waals surface area contributed by atoms with Gasteiger partial charge in [-0.05, 0) is 30.3 Å². The fraction of sp³-hybridized carbons (Fsp3) is 0.176. The van der Waals surface area contributed by atoms with Crippen LogP contribution in [0.1, 0.15) is 5.56 Å². The van der Waals surface area contributed by atoms with E-state index < -0.39 is 18.7 Å². The van der Waals surface area contributed by atoms with Crippen LogP contribution in [-0.4, -0.2) is 25.3 Å². The molecule has 1 amide bonds. The fourth-order valence-corrected chi connectivity index (χ4v) is 1.85. The zero-order valence-corrected chi connectivity index (χ0v) is 12.8. The van der Waals surface area contributed by atoms with Gasteiger partial charge in [0.2, 0.25) is 0 Å². The number of nitrogens with zero attached hydrogens (tertiary/aromatic N) is 1. The molecular formula is C17H13F3N2O3. The Morgan fingerprint density at radius 3 is 2.60 bits per heavy atom. The predicted molar refractivity (Wildman–Crippen MR) is 83.3 cm³/mol. The van der Waals surface area contributed by atoms with Crippen LogP contribution in [0.25, 0.3) is 0 Å². The van der Waals surface area contributed by atoms with Gasteiger partial charge in [-0.1, -0.05) is 18.2 Å². The lowest BCUT2D eigenvalue weighted by Gasteiger charge is -2.14. The first kappa shape index (κ1) is 18.1. The summed E-state index contributed by atoms with van der Waals surface area (Å²) < 4.78 is 46.7. The average Bonchev–Trinajstić information content (AvgIpc) is 2.59. The molecule has 0 unspecified atom stereocenters. The van der Waals surface area contributed by atoms with E-state index in [1.165, 1.54) is 24.3 Å². The van der Waals surface area contributed by atoms with Gasteiger partial charge in [-0.15, -0.1) is 0 Å². The molecule has 0 aliphatic carbocycles. The van der Waals surface area contributed by atoms with Crippen LogP contribution in [-0.2, 0) is 4.79 Å². The van der Waals surface area contributed by atoms with Gasteiger partial charge in [-0.3, -0.25) is 4.79 Å². The third kappa shape index (κ3) is 6.06. The summed E-state index contributed by atoms with van der Waals surface area (Å²) in [5.41, 5.74) is 0.481. The second kappa shape index (κ2) is 8.06. The van der Waals surface area contributed by atoms with Crippen molar-refractivity contribution in [3.05, 3.63) is 54.1 Å². The number of carbonyl (C=O) groups excluding carboxylic acids is 1. The SMILES string of the molecule is N#Cc1cccc(OCC(=O)Nc2ccccc2OCC(F)(F)F)c1. The van der Waals surface area contributed by atoms with Crippen molar-refractivity contribution in [3.63, 3.8) is 0 Å². The molecule has 0 aliphatic heterocycles. The highest BCUT2D eigenvalue weighted by molar-refractivity contribution is 5.93. The van der Waals surface area contributed by atoms with E-state index >= 15 is 0 Å². The molecule has 5 nitrogen and oxygen atoms in total. The van der Waals surface area contributed by atoms with Crippen LogP contribution in [0.2, 0.25) is 0 Å². The highest BCUT2D eigenvalue weighted by Crippen LogP contribution is 2.26. The summed E-state index contributed by atoms with van der Waals surface area (Å²) >= 11 is 0. The summed E-state index contributed by atoms with van der Waals surface area (Å²) in [6.45, 7) is -1.83. The number of anilines is 1. The monoisotopic (exact) mass is 350 g/mol. The quantitative estimate of drug-likeness (QED) is 0.865. The van der Waals surface area contributed by atoms with Gasteiger partial charge in [0, 0.05) is 0 Å². The number of ether oxygens (including phenoxy) is 2. The fourth-order valence-electron chi connectivity index (χ4n) is 1.85. The van der Waals surface area contributed by atoms with Crippen molar-refractivity contribution in [2.75, 3.05) is 18.5 Å². The Labute approximate surface area is 141 Å². The lowest BCUT2D eigenvalue weighted by molar-refractivity contribution is -0.153. The molecule has 2 aromatic rings.